The van der Waals surface area contributed by atoms with Crippen molar-refractivity contribution in [3.05, 3.63) is 47.2 Å². The molecule has 17 heavy (non-hydrogen) atoms. The van der Waals surface area contributed by atoms with Gasteiger partial charge in [-0.15, -0.1) is 0 Å². The molecule has 0 saturated heterocycles. The molecule has 1 aromatic carbocycles. The summed E-state index contributed by atoms with van der Waals surface area (Å²) in [5.74, 6) is 1.83. The van der Waals surface area contributed by atoms with Gasteiger partial charge in [0.1, 0.15) is 11.5 Å². The molecule has 0 unspecified atom stereocenters. The van der Waals surface area contributed by atoms with Gasteiger partial charge in [0.15, 0.2) is 0 Å². The molecule has 0 bridgehead atoms. The van der Waals surface area contributed by atoms with Crippen LogP contribution in [0, 0.1) is 13.8 Å². The molecule has 1 aromatic heterocycles. The number of nitrogens with zero attached hydrogens (tertiary/aromatic N) is 1. The predicted octanol–water partition coefficient (Wildman–Crippen LogP) is 2.29. The maximum absolute atomic E-state index is 9.58. The number of phenolic OH excluding ortho intramolecular Hbond substituents is 1. The summed E-state index contributed by atoms with van der Waals surface area (Å²) in [4.78, 5) is 4.27. The van der Waals surface area contributed by atoms with Gasteiger partial charge in [-0.25, -0.2) is 4.98 Å². The molecule has 0 aliphatic carbocycles. The number of aromatic nitrogens is 1. The van der Waals surface area contributed by atoms with Crippen LogP contribution in [0.3, 0.4) is 0 Å². The summed E-state index contributed by atoms with van der Waals surface area (Å²) in [5.41, 5.74) is 1.79. The van der Waals surface area contributed by atoms with Gasteiger partial charge in [-0.3, -0.25) is 0 Å². The Hall–Kier alpha value is -1.81. The molecule has 2 rings (SSSR count). The maximum atomic E-state index is 9.58. The van der Waals surface area contributed by atoms with Crippen LogP contribution in [-0.4, -0.2) is 10.1 Å². The van der Waals surface area contributed by atoms with E-state index in [-0.39, 0.29) is 0 Å². The molecular weight excluding hydrogens is 216 g/mol. The Bertz CT molecular complexity index is 486. The zero-order chi connectivity index (χ0) is 12.3. The van der Waals surface area contributed by atoms with Crippen molar-refractivity contribution >= 4 is 0 Å². The number of aromatic hydroxyl groups is 1. The monoisotopic (exact) mass is 232 g/mol. The lowest BCUT2D eigenvalue weighted by molar-refractivity contribution is 0.440. The quantitative estimate of drug-likeness (QED) is 0.849. The number of hydrogen-bond acceptors (Lipinski definition) is 4. The second-order valence-corrected chi connectivity index (χ2v) is 3.98. The highest BCUT2D eigenvalue weighted by atomic mass is 16.4. The third-order valence-corrected chi connectivity index (χ3v) is 2.66. The van der Waals surface area contributed by atoms with Gasteiger partial charge in [0.05, 0.1) is 12.2 Å². The summed E-state index contributed by atoms with van der Waals surface area (Å²) in [6.45, 7) is 4.97. The summed E-state index contributed by atoms with van der Waals surface area (Å²) in [5, 5.41) is 12.8. The third kappa shape index (κ3) is 2.85. The van der Waals surface area contributed by atoms with E-state index in [0.717, 1.165) is 17.0 Å². The third-order valence-electron chi connectivity index (χ3n) is 2.66. The highest BCUT2D eigenvalue weighted by molar-refractivity contribution is 5.31. The van der Waals surface area contributed by atoms with Crippen molar-refractivity contribution in [2.75, 3.05) is 0 Å². The smallest absolute Gasteiger partial charge is 0.208 e. The average Bonchev–Trinajstić information content (AvgIpc) is 2.61. The molecule has 0 fully saturated rings. The largest absolute Gasteiger partial charge is 0.508 e. The number of oxazole rings is 1. The number of aryl methyl sites for hydroxylation is 2. The normalized spacial score (nSPS) is 10.7. The van der Waals surface area contributed by atoms with Crippen molar-refractivity contribution in [2.24, 2.45) is 0 Å². The van der Waals surface area contributed by atoms with Gasteiger partial charge >= 0.3 is 0 Å². The van der Waals surface area contributed by atoms with Gasteiger partial charge in [-0.1, -0.05) is 18.2 Å². The summed E-state index contributed by atoms with van der Waals surface area (Å²) in [6.07, 6.45) is 0. The van der Waals surface area contributed by atoms with E-state index in [9.17, 15) is 5.11 Å². The van der Waals surface area contributed by atoms with Gasteiger partial charge in [-0.05, 0) is 19.9 Å². The molecule has 0 aliphatic heterocycles. The number of phenols is 1. The van der Waals surface area contributed by atoms with E-state index in [1.807, 2.05) is 26.0 Å². The van der Waals surface area contributed by atoms with Gasteiger partial charge in [0.2, 0.25) is 5.89 Å². The fourth-order valence-corrected chi connectivity index (χ4v) is 1.58. The van der Waals surface area contributed by atoms with E-state index in [0.29, 0.717) is 24.7 Å². The van der Waals surface area contributed by atoms with Crippen LogP contribution in [0.15, 0.2) is 28.7 Å². The van der Waals surface area contributed by atoms with Crippen LogP contribution < -0.4 is 5.32 Å². The fourth-order valence-electron chi connectivity index (χ4n) is 1.58. The number of para-hydroxylation sites is 1. The predicted molar refractivity (Wildman–Crippen MR) is 64.6 cm³/mol. The van der Waals surface area contributed by atoms with Crippen molar-refractivity contribution in [3.63, 3.8) is 0 Å². The van der Waals surface area contributed by atoms with Crippen LogP contribution in [0.25, 0.3) is 0 Å². The Labute approximate surface area is 100 Å². The Morgan fingerprint density at radius 3 is 2.65 bits per heavy atom. The van der Waals surface area contributed by atoms with Crippen LogP contribution in [0.5, 0.6) is 5.75 Å². The highest BCUT2D eigenvalue weighted by Gasteiger charge is 2.05. The molecule has 4 nitrogen and oxygen atoms in total. The second kappa shape index (κ2) is 5.01. The first kappa shape index (κ1) is 11.7. The molecule has 2 aromatic rings. The minimum Gasteiger partial charge on any atom is -0.508 e. The highest BCUT2D eigenvalue weighted by Crippen LogP contribution is 2.15. The first-order chi connectivity index (χ1) is 8.16. The molecule has 1 heterocycles. The molecule has 90 valence electrons. The van der Waals surface area contributed by atoms with Crippen LogP contribution in [-0.2, 0) is 13.1 Å². The maximum Gasteiger partial charge on any atom is 0.208 e. The van der Waals surface area contributed by atoms with Gasteiger partial charge in [-0.2, -0.15) is 0 Å². The van der Waals surface area contributed by atoms with E-state index < -0.39 is 0 Å². The lowest BCUT2D eigenvalue weighted by Crippen LogP contribution is -2.12. The van der Waals surface area contributed by atoms with E-state index in [1.165, 1.54) is 0 Å². The van der Waals surface area contributed by atoms with Crippen molar-refractivity contribution in [2.45, 2.75) is 26.9 Å². The van der Waals surface area contributed by atoms with E-state index in [2.05, 4.69) is 10.3 Å². The van der Waals surface area contributed by atoms with Crippen LogP contribution >= 0.6 is 0 Å². The second-order valence-electron chi connectivity index (χ2n) is 3.98. The number of benzene rings is 1. The lowest BCUT2D eigenvalue weighted by atomic mass is 10.2. The first-order valence-electron chi connectivity index (χ1n) is 5.57. The van der Waals surface area contributed by atoms with Crippen LogP contribution in [0.1, 0.15) is 22.9 Å². The number of rotatable bonds is 4. The Balaban J connectivity index is 1.90. The minimum atomic E-state index is 0.305. The topological polar surface area (TPSA) is 58.3 Å². The van der Waals surface area contributed by atoms with Gasteiger partial charge in [0, 0.05) is 12.1 Å². The summed E-state index contributed by atoms with van der Waals surface area (Å²) in [6, 6.07) is 7.26. The molecule has 0 saturated carbocycles. The van der Waals surface area contributed by atoms with E-state index in [4.69, 9.17) is 4.42 Å². The van der Waals surface area contributed by atoms with Crippen LogP contribution in [0.2, 0.25) is 0 Å². The molecule has 4 heteroatoms. The van der Waals surface area contributed by atoms with Gasteiger partial charge in [0.25, 0.3) is 0 Å². The summed E-state index contributed by atoms with van der Waals surface area (Å²) in [7, 11) is 0. The molecule has 0 amide bonds. The van der Waals surface area contributed by atoms with Gasteiger partial charge < -0.3 is 14.8 Å². The summed E-state index contributed by atoms with van der Waals surface area (Å²) < 4.78 is 5.45. The van der Waals surface area contributed by atoms with Crippen molar-refractivity contribution in [1.82, 2.24) is 10.3 Å². The van der Waals surface area contributed by atoms with Crippen molar-refractivity contribution in [3.8, 4) is 5.75 Å². The number of nitrogens with one attached hydrogen (secondary N) is 1. The fraction of sp³-hybridized carbons (Fsp3) is 0.308. The molecular formula is C13H16N2O2. The number of hydrogen-bond donors (Lipinski definition) is 2. The Morgan fingerprint density at radius 2 is 2.00 bits per heavy atom. The molecule has 0 aliphatic rings. The molecule has 0 spiro atoms. The SMILES string of the molecule is Cc1nc(CNCc2ccccc2O)oc1C. The molecule has 0 radical (unpaired) electrons. The Morgan fingerprint density at radius 1 is 1.24 bits per heavy atom. The minimum absolute atomic E-state index is 0.305. The van der Waals surface area contributed by atoms with E-state index >= 15 is 0 Å². The van der Waals surface area contributed by atoms with Crippen LogP contribution in [0.4, 0.5) is 0 Å². The van der Waals surface area contributed by atoms with Crippen molar-refractivity contribution in [1.29, 1.82) is 0 Å². The lowest BCUT2D eigenvalue weighted by Gasteiger charge is -2.04. The molecule has 2 N–H and O–H groups in total. The van der Waals surface area contributed by atoms with E-state index in [1.54, 1.807) is 12.1 Å². The summed E-state index contributed by atoms with van der Waals surface area (Å²) >= 11 is 0. The standard InChI is InChI=1S/C13H16N2O2/c1-9-10(2)17-13(15-9)8-14-7-11-5-3-4-6-12(11)16/h3-6,14,16H,7-8H2,1-2H3. The molecule has 0 atom stereocenters. The zero-order valence-corrected chi connectivity index (χ0v) is 10.0. The average molecular weight is 232 g/mol. The first-order valence-corrected chi connectivity index (χ1v) is 5.57. The van der Waals surface area contributed by atoms with Crippen molar-refractivity contribution < 1.29 is 9.52 Å². The zero-order valence-electron chi connectivity index (χ0n) is 10.0. The Kier molecular flexibility index (Phi) is 3.44.